The molecular weight excluding hydrogens is 294 g/mol. The van der Waals surface area contributed by atoms with Crippen molar-refractivity contribution in [1.82, 2.24) is 0 Å². The molecule has 1 aromatic heterocycles. The van der Waals surface area contributed by atoms with Gasteiger partial charge in [0.05, 0.1) is 4.92 Å². The van der Waals surface area contributed by atoms with Crippen LogP contribution in [0.5, 0.6) is 0 Å². The second-order valence-electron chi connectivity index (χ2n) is 4.17. The Morgan fingerprint density at radius 3 is 2.14 bits per heavy atom. The van der Waals surface area contributed by atoms with Gasteiger partial charge in [0.15, 0.2) is 0 Å². The van der Waals surface area contributed by atoms with Gasteiger partial charge in [-0.2, -0.15) is 0 Å². The van der Waals surface area contributed by atoms with E-state index in [1.54, 1.807) is 0 Å². The zero-order chi connectivity index (χ0) is 16.3. The molecule has 2 rings (SSSR count). The summed E-state index contributed by atoms with van der Waals surface area (Å²) in [5.74, 6) is -2.79. The summed E-state index contributed by atoms with van der Waals surface area (Å²) in [5.41, 5.74) is -0.364. The highest BCUT2D eigenvalue weighted by Crippen LogP contribution is 2.25. The molecule has 8 nitrogen and oxygen atoms in total. The highest BCUT2D eigenvalue weighted by molar-refractivity contribution is 6.16. The third kappa shape index (κ3) is 3.18. The maximum atomic E-state index is 10.8. The Balaban J connectivity index is 2.31. The minimum absolute atomic E-state index is 0.0492. The number of carbonyl (C=O) groups is 2. The van der Waals surface area contributed by atoms with Crippen molar-refractivity contribution in [3.05, 3.63) is 57.8 Å². The van der Waals surface area contributed by atoms with E-state index in [1.807, 2.05) is 0 Å². The molecular formula is C14H9NO7. The number of non-ortho nitro benzene ring substituents is 1. The first kappa shape index (κ1) is 15.0. The minimum Gasteiger partial charge on any atom is -0.477 e. The monoisotopic (exact) mass is 303 g/mol. The van der Waals surface area contributed by atoms with Gasteiger partial charge >= 0.3 is 11.9 Å². The summed E-state index contributed by atoms with van der Waals surface area (Å²) >= 11 is 0. The standard InChI is InChI=1S/C14H9NO7/c16-13(17)11(14(18)19)7-10-5-6-12(22-10)8-1-3-9(4-2-8)15(20)21/h1-7H,(H,16,17)(H,18,19). The first-order valence-electron chi connectivity index (χ1n) is 5.91. The third-order valence-corrected chi connectivity index (χ3v) is 2.74. The zero-order valence-electron chi connectivity index (χ0n) is 10.9. The molecule has 0 spiro atoms. The number of nitro groups is 1. The van der Waals surface area contributed by atoms with Gasteiger partial charge in [-0.1, -0.05) is 0 Å². The van der Waals surface area contributed by atoms with Gasteiger partial charge in [0.2, 0.25) is 0 Å². The quantitative estimate of drug-likeness (QED) is 0.285. The molecule has 1 heterocycles. The molecule has 0 bridgehead atoms. The van der Waals surface area contributed by atoms with Crippen LogP contribution in [0.1, 0.15) is 5.76 Å². The first-order valence-corrected chi connectivity index (χ1v) is 5.91. The summed E-state index contributed by atoms with van der Waals surface area (Å²) in [6.07, 6.45) is 0.888. The molecule has 0 fully saturated rings. The molecule has 0 radical (unpaired) electrons. The number of rotatable bonds is 5. The van der Waals surface area contributed by atoms with E-state index < -0.39 is 22.4 Å². The van der Waals surface area contributed by atoms with Gasteiger partial charge in [-0.25, -0.2) is 9.59 Å². The number of carboxylic acid groups (broad SMARTS) is 2. The highest BCUT2D eigenvalue weighted by Gasteiger charge is 2.17. The van der Waals surface area contributed by atoms with Crippen LogP contribution in [-0.4, -0.2) is 27.1 Å². The maximum absolute atomic E-state index is 10.8. The van der Waals surface area contributed by atoms with Crippen molar-refractivity contribution < 1.29 is 29.1 Å². The molecule has 0 amide bonds. The lowest BCUT2D eigenvalue weighted by molar-refractivity contribution is -0.384. The fourth-order valence-corrected chi connectivity index (χ4v) is 1.69. The van der Waals surface area contributed by atoms with Crippen LogP contribution in [0.25, 0.3) is 17.4 Å². The van der Waals surface area contributed by atoms with Crippen molar-refractivity contribution in [2.75, 3.05) is 0 Å². The minimum atomic E-state index is -1.58. The van der Waals surface area contributed by atoms with Crippen LogP contribution < -0.4 is 0 Å². The summed E-state index contributed by atoms with van der Waals surface area (Å²) in [5, 5.41) is 28.1. The smallest absolute Gasteiger partial charge is 0.343 e. The van der Waals surface area contributed by atoms with E-state index in [0.717, 1.165) is 6.08 Å². The first-order chi connectivity index (χ1) is 10.4. The Labute approximate surface area is 123 Å². The van der Waals surface area contributed by atoms with Gasteiger partial charge in [-0.3, -0.25) is 10.1 Å². The van der Waals surface area contributed by atoms with Crippen molar-refractivity contribution in [2.45, 2.75) is 0 Å². The number of benzene rings is 1. The topological polar surface area (TPSA) is 131 Å². The molecule has 0 aliphatic heterocycles. The van der Waals surface area contributed by atoms with Crippen molar-refractivity contribution in [2.24, 2.45) is 0 Å². The molecule has 8 heteroatoms. The Morgan fingerprint density at radius 1 is 1.05 bits per heavy atom. The van der Waals surface area contributed by atoms with E-state index in [0.29, 0.717) is 11.3 Å². The molecule has 1 aromatic carbocycles. The molecule has 22 heavy (non-hydrogen) atoms. The van der Waals surface area contributed by atoms with Gasteiger partial charge in [0.25, 0.3) is 5.69 Å². The molecule has 2 N–H and O–H groups in total. The lowest BCUT2D eigenvalue weighted by atomic mass is 10.1. The summed E-state index contributed by atoms with van der Waals surface area (Å²) < 4.78 is 5.33. The maximum Gasteiger partial charge on any atom is 0.343 e. The van der Waals surface area contributed by atoms with Gasteiger partial charge in [0, 0.05) is 23.8 Å². The zero-order valence-corrected chi connectivity index (χ0v) is 10.9. The lowest BCUT2D eigenvalue weighted by Crippen LogP contribution is -2.10. The second-order valence-corrected chi connectivity index (χ2v) is 4.17. The lowest BCUT2D eigenvalue weighted by Gasteiger charge is -1.97. The number of hydrogen-bond acceptors (Lipinski definition) is 5. The van der Waals surface area contributed by atoms with Crippen LogP contribution >= 0.6 is 0 Å². The van der Waals surface area contributed by atoms with Gasteiger partial charge < -0.3 is 14.6 Å². The fourth-order valence-electron chi connectivity index (χ4n) is 1.69. The van der Waals surface area contributed by atoms with Gasteiger partial charge in [-0.15, -0.1) is 0 Å². The number of carboxylic acids is 2. The van der Waals surface area contributed by atoms with Crippen molar-refractivity contribution in [3.63, 3.8) is 0 Å². The van der Waals surface area contributed by atoms with Crippen molar-refractivity contribution in [3.8, 4) is 11.3 Å². The van der Waals surface area contributed by atoms with Crippen LogP contribution in [0.4, 0.5) is 5.69 Å². The number of nitro benzene ring substituents is 1. The highest BCUT2D eigenvalue weighted by atomic mass is 16.6. The predicted octanol–water partition coefficient (Wildman–Crippen LogP) is 2.41. The summed E-state index contributed by atoms with van der Waals surface area (Å²) in [7, 11) is 0. The normalized spacial score (nSPS) is 10.0. The summed E-state index contributed by atoms with van der Waals surface area (Å²) in [4.78, 5) is 31.6. The Morgan fingerprint density at radius 2 is 1.64 bits per heavy atom. The van der Waals surface area contributed by atoms with Crippen molar-refractivity contribution >= 4 is 23.7 Å². The summed E-state index contributed by atoms with van der Waals surface area (Å²) in [6.45, 7) is 0. The SMILES string of the molecule is O=C(O)C(=Cc1ccc(-c2ccc([N+](=O)[O-])cc2)o1)C(=O)O. The fraction of sp³-hybridized carbons (Fsp3) is 0. The number of nitrogens with zero attached hydrogens (tertiary/aromatic N) is 1. The van der Waals surface area contributed by atoms with Gasteiger partial charge in [-0.05, 0) is 24.3 Å². The van der Waals surface area contributed by atoms with Crippen LogP contribution in [0.2, 0.25) is 0 Å². The average molecular weight is 303 g/mol. The van der Waals surface area contributed by atoms with Crippen molar-refractivity contribution in [1.29, 1.82) is 0 Å². The molecule has 0 aliphatic rings. The van der Waals surface area contributed by atoms with E-state index >= 15 is 0 Å². The number of furan rings is 1. The Kier molecular flexibility index (Phi) is 4.03. The third-order valence-electron chi connectivity index (χ3n) is 2.74. The van der Waals surface area contributed by atoms with E-state index in [4.69, 9.17) is 14.6 Å². The second kappa shape index (κ2) is 5.92. The van der Waals surface area contributed by atoms with E-state index in [1.165, 1.54) is 36.4 Å². The van der Waals surface area contributed by atoms with Crippen LogP contribution in [0.15, 0.2) is 46.4 Å². The molecule has 0 aliphatic carbocycles. The largest absolute Gasteiger partial charge is 0.477 e. The molecule has 0 saturated carbocycles. The van der Waals surface area contributed by atoms with Gasteiger partial charge in [0.1, 0.15) is 17.1 Å². The molecule has 0 atom stereocenters. The molecule has 0 saturated heterocycles. The predicted molar refractivity (Wildman–Crippen MR) is 74.0 cm³/mol. The van der Waals surface area contributed by atoms with Crippen LogP contribution in [0, 0.1) is 10.1 Å². The van der Waals surface area contributed by atoms with E-state index in [9.17, 15) is 19.7 Å². The van der Waals surface area contributed by atoms with Crippen LogP contribution in [-0.2, 0) is 9.59 Å². The molecule has 0 unspecified atom stereocenters. The number of aliphatic carboxylic acids is 2. The summed E-state index contributed by atoms with van der Waals surface area (Å²) in [6, 6.07) is 8.46. The Hall–Kier alpha value is -3.42. The van der Waals surface area contributed by atoms with E-state index in [-0.39, 0.29) is 11.4 Å². The average Bonchev–Trinajstić information content (AvgIpc) is 2.92. The molecule has 112 valence electrons. The van der Waals surface area contributed by atoms with Crippen LogP contribution in [0.3, 0.4) is 0 Å². The van der Waals surface area contributed by atoms with E-state index in [2.05, 4.69) is 0 Å². The number of hydrogen-bond donors (Lipinski definition) is 2. The molecule has 2 aromatic rings. The Bertz CT molecular complexity index is 755.